The van der Waals surface area contributed by atoms with E-state index in [1.54, 1.807) is 18.2 Å². The molecule has 7 heteroatoms. The first-order chi connectivity index (χ1) is 17.9. The van der Waals surface area contributed by atoms with E-state index >= 15 is 0 Å². The maximum absolute atomic E-state index is 14.2. The van der Waals surface area contributed by atoms with E-state index in [4.69, 9.17) is 11.6 Å². The number of nitrogens with zero attached hydrogens (tertiary/aromatic N) is 1. The number of rotatable bonds is 7. The molecule has 1 N–H and O–H groups in total. The highest BCUT2D eigenvalue weighted by atomic mass is 35.5. The molecule has 4 aromatic carbocycles. The van der Waals surface area contributed by atoms with Crippen molar-refractivity contribution in [3.8, 4) is 0 Å². The number of nitrogens with one attached hydrogen (secondary N) is 1. The molecule has 5 rings (SSSR count). The lowest BCUT2D eigenvalue weighted by molar-refractivity contribution is -0.116. The molecule has 5 nitrogen and oxygen atoms in total. The Labute approximate surface area is 222 Å². The van der Waals surface area contributed by atoms with Crippen LogP contribution in [0.2, 0.25) is 5.02 Å². The number of hydrogen-bond donors (Lipinski definition) is 1. The van der Waals surface area contributed by atoms with Crippen molar-refractivity contribution in [3.05, 3.63) is 141 Å². The van der Waals surface area contributed by atoms with Crippen LogP contribution >= 0.6 is 11.6 Å². The molecule has 4 aromatic rings. The van der Waals surface area contributed by atoms with Crippen LogP contribution in [0.25, 0.3) is 5.57 Å². The Morgan fingerprint density at radius 2 is 1.38 bits per heavy atom. The van der Waals surface area contributed by atoms with E-state index in [-0.39, 0.29) is 18.0 Å². The zero-order valence-corrected chi connectivity index (χ0v) is 21.5. The summed E-state index contributed by atoms with van der Waals surface area (Å²) in [4.78, 5) is 13.4. The van der Waals surface area contributed by atoms with Crippen LogP contribution in [-0.4, -0.2) is 20.9 Å². The van der Waals surface area contributed by atoms with E-state index in [2.05, 4.69) is 5.32 Å². The van der Waals surface area contributed by atoms with Crippen molar-refractivity contribution >= 4 is 38.8 Å². The SMILES string of the molecule is O=C(NCCc1ccc(Cl)cc1)C1=C(c2ccccc2)c2ccccc2N(Cc2ccccc2)S1(=O)=O. The van der Waals surface area contributed by atoms with Crippen molar-refractivity contribution in [1.82, 2.24) is 5.32 Å². The number of para-hydroxylation sites is 1. The van der Waals surface area contributed by atoms with Crippen molar-refractivity contribution in [2.75, 3.05) is 10.8 Å². The number of fused-ring (bicyclic) bond motifs is 1. The fourth-order valence-electron chi connectivity index (χ4n) is 4.49. The molecule has 0 spiro atoms. The molecule has 1 heterocycles. The third-order valence-corrected chi connectivity index (χ3v) is 8.33. The predicted octanol–water partition coefficient (Wildman–Crippen LogP) is 5.81. The minimum atomic E-state index is -4.19. The number of halogens is 1. The normalized spacial score (nSPS) is 14.2. The Hall–Kier alpha value is -3.87. The van der Waals surface area contributed by atoms with Crippen LogP contribution in [0, 0.1) is 0 Å². The summed E-state index contributed by atoms with van der Waals surface area (Å²) in [5.74, 6) is -0.625. The van der Waals surface area contributed by atoms with Crippen LogP contribution in [-0.2, 0) is 27.8 Å². The number of anilines is 1. The minimum Gasteiger partial charge on any atom is -0.351 e. The Morgan fingerprint density at radius 3 is 2.08 bits per heavy atom. The highest BCUT2D eigenvalue weighted by Gasteiger charge is 2.41. The molecule has 0 fully saturated rings. The van der Waals surface area contributed by atoms with Gasteiger partial charge in [0.2, 0.25) is 0 Å². The lowest BCUT2D eigenvalue weighted by Crippen LogP contribution is -2.41. The molecule has 1 amide bonds. The van der Waals surface area contributed by atoms with Crippen molar-refractivity contribution in [1.29, 1.82) is 0 Å². The largest absolute Gasteiger partial charge is 0.351 e. The first-order valence-corrected chi connectivity index (χ1v) is 13.8. The van der Waals surface area contributed by atoms with E-state index in [0.29, 0.717) is 33.8 Å². The van der Waals surface area contributed by atoms with Crippen LogP contribution in [0.4, 0.5) is 5.69 Å². The fourth-order valence-corrected chi connectivity index (χ4v) is 6.36. The van der Waals surface area contributed by atoms with E-state index in [0.717, 1.165) is 11.1 Å². The van der Waals surface area contributed by atoms with E-state index in [1.807, 2.05) is 91.0 Å². The summed E-state index contributed by atoms with van der Waals surface area (Å²) < 4.78 is 29.7. The second-order valence-corrected chi connectivity index (χ2v) is 11.0. The van der Waals surface area contributed by atoms with Gasteiger partial charge in [0.05, 0.1) is 12.2 Å². The Balaban J connectivity index is 1.58. The average Bonchev–Trinajstić information content (AvgIpc) is 2.92. The number of amides is 1. The molecule has 0 saturated heterocycles. The van der Waals surface area contributed by atoms with Gasteiger partial charge in [-0.3, -0.25) is 9.10 Å². The van der Waals surface area contributed by atoms with Gasteiger partial charge in [0, 0.05) is 22.7 Å². The van der Waals surface area contributed by atoms with E-state index in [1.165, 1.54) is 4.31 Å². The zero-order chi connectivity index (χ0) is 25.8. The number of carbonyl (C=O) groups is 1. The molecule has 0 bridgehead atoms. The molecular weight excluding hydrogens is 504 g/mol. The third-order valence-electron chi connectivity index (χ3n) is 6.27. The molecule has 0 saturated carbocycles. The van der Waals surface area contributed by atoms with Gasteiger partial charge in [0.15, 0.2) is 4.91 Å². The summed E-state index contributed by atoms with van der Waals surface area (Å²) in [5.41, 5.74) is 4.13. The van der Waals surface area contributed by atoms with Gasteiger partial charge in [-0.05, 0) is 41.3 Å². The maximum atomic E-state index is 14.2. The van der Waals surface area contributed by atoms with Crippen molar-refractivity contribution in [2.24, 2.45) is 0 Å². The summed E-state index contributed by atoms with van der Waals surface area (Å²) >= 11 is 5.97. The number of hydrogen-bond acceptors (Lipinski definition) is 3. The van der Waals surface area contributed by atoms with Gasteiger partial charge in [-0.25, -0.2) is 8.42 Å². The average molecular weight is 529 g/mol. The second kappa shape index (κ2) is 10.6. The first kappa shape index (κ1) is 24.8. The maximum Gasteiger partial charge on any atom is 0.270 e. The van der Waals surface area contributed by atoms with Gasteiger partial charge in [0.1, 0.15) is 0 Å². The zero-order valence-electron chi connectivity index (χ0n) is 20.0. The summed E-state index contributed by atoms with van der Waals surface area (Å²) in [6.07, 6.45) is 0.543. The van der Waals surface area contributed by atoms with Gasteiger partial charge in [-0.2, -0.15) is 0 Å². The fraction of sp³-hybridized carbons (Fsp3) is 0.100. The Kier molecular flexibility index (Phi) is 7.12. The Bertz CT molecular complexity index is 1550. The minimum absolute atomic E-state index is 0.115. The standard InChI is InChI=1S/C30H25ClN2O3S/c31-25-17-15-22(16-18-25)19-20-32-30(34)29-28(24-11-5-2-6-12-24)26-13-7-8-14-27(26)33(37(29,35)36)21-23-9-3-1-4-10-23/h1-18H,19-21H2,(H,32,34). The van der Waals surface area contributed by atoms with Crippen LogP contribution in [0.15, 0.2) is 114 Å². The van der Waals surface area contributed by atoms with Crippen LogP contribution in [0.3, 0.4) is 0 Å². The van der Waals surface area contributed by atoms with Crippen molar-refractivity contribution in [2.45, 2.75) is 13.0 Å². The van der Waals surface area contributed by atoms with Crippen molar-refractivity contribution in [3.63, 3.8) is 0 Å². The van der Waals surface area contributed by atoms with Gasteiger partial charge in [-0.15, -0.1) is 0 Å². The van der Waals surface area contributed by atoms with Gasteiger partial charge < -0.3 is 5.32 Å². The van der Waals surface area contributed by atoms with E-state index < -0.39 is 15.9 Å². The molecule has 0 radical (unpaired) electrons. The molecule has 0 aliphatic carbocycles. The number of benzene rings is 4. The molecular formula is C30H25ClN2O3S. The molecule has 0 unspecified atom stereocenters. The molecule has 0 aromatic heterocycles. The highest BCUT2D eigenvalue weighted by Crippen LogP contribution is 2.43. The van der Waals surface area contributed by atoms with E-state index in [9.17, 15) is 13.2 Å². The summed E-state index contributed by atoms with van der Waals surface area (Å²) in [6.45, 7) is 0.395. The lowest BCUT2D eigenvalue weighted by Gasteiger charge is -2.33. The van der Waals surface area contributed by atoms with Gasteiger partial charge in [-0.1, -0.05) is 103 Å². The van der Waals surface area contributed by atoms with Gasteiger partial charge >= 0.3 is 0 Å². The third kappa shape index (κ3) is 5.17. The van der Waals surface area contributed by atoms with Crippen LogP contribution in [0.5, 0.6) is 0 Å². The van der Waals surface area contributed by atoms with Crippen LogP contribution in [0.1, 0.15) is 22.3 Å². The number of sulfonamides is 1. The predicted molar refractivity (Wildman–Crippen MR) is 149 cm³/mol. The summed E-state index contributed by atoms with van der Waals surface area (Å²) in [5, 5.41) is 3.49. The molecule has 186 valence electrons. The molecule has 37 heavy (non-hydrogen) atoms. The van der Waals surface area contributed by atoms with Crippen molar-refractivity contribution < 1.29 is 13.2 Å². The summed E-state index contributed by atoms with van der Waals surface area (Å²) in [6, 6.07) is 33.2. The van der Waals surface area contributed by atoms with Gasteiger partial charge in [0.25, 0.3) is 15.9 Å². The number of carbonyl (C=O) groups excluding carboxylic acids is 1. The molecule has 0 atom stereocenters. The quantitative estimate of drug-likeness (QED) is 0.329. The monoisotopic (exact) mass is 528 g/mol. The second-order valence-electron chi connectivity index (χ2n) is 8.72. The molecule has 1 aliphatic heterocycles. The lowest BCUT2D eigenvalue weighted by atomic mass is 9.95. The summed E-state index contributed by atoms with van der Waals surface area (Å²) in [7, 11) is -4.19. The first-order valence-electron chi connectivity index (χ1n) is 11.9. The highest BCUT2D eigenvalue weighted by molar-refractivity contribution is 7.97. The smallest absolute Gasteiger partial charge is 0.270 e. The molecule has 1 aliphatic rings. The Morgan fingerprint density at radius 1 is 0.757 bits per heavy atom. The topological polar surface area (TPSA) is 66.5 Å². The van der Waals surface area contributed by atoms with Crippen LogP contribution < -0.4 is 9.62 Å².